The standard InChI is InChI=1S/C13H12N4O/c1-14-17-13(18)11-6-9-8-4-2-3-5-10(8)16-12(9)7-15-11/h2-7,14,16H,1H3,(H,17,18). The van der Waals surface area contributed by atoms with Gasteiger partial charge in [0.05, 0.1) is 11.7 Å². The summed E-state index contributed by atoms with van der Waals surface area (Å²) in [4.78, 5) is 19.1. The molecule has 3 aromatic rings. The van der Waals surface area contributed by atoms with E-state index in [1.54, 1.807) is 19.3 Å². The maximum atomic E-state index is 11.7. The number of hydrogen-bond donors (Lipinski definition) is 3. The summed E-state index contributed by atoms with van der Waals surface area (Å²) in [6.07, 6.45) is 1.68. The van der Waals surface area contributed by atoms with Gasteiger partial charge in [-0.3, -0.25) is 10.2 Å². The lowest BCUT2D eigenvalue weighted by atomic mass is 10.1. The first-order valence-corrected chi connectivity index (χ1v) is 5.63. The predicted molar refractivity (Wildman–Crippen MR) is 70.1 cm³/mol. The lowest BCUT2D eigenvalue weighted by Crippen LogP contribution is -2.34. The predicted octanol–water partition coefficient (Wildman–Crippen LogP) is 1.58. The Morgan fingerprint density at radius 1 is 1.22 bits per heavy atom. The molecule has 5 heteroatoms. The highest BCUT2D eigenvalue weighted by Gasteiger charge is 2.10. The van der Waals surface area contributed by atoms with Gasteiger partial charge in [-0.2, -0.15) is 0 Å². The second-order valence-corrected chi connectivity index (χ2v) is 3.99. The Labute approximate surface area is 103 Å². The van der Waals surface area contributed by atoms with Crippen LogP contribution in [-0.4, -0.2) is 22.9 Å². The molecule has 0 unspecified atom stereocenters. The average molecular weight is 240 g/mol. The van der Waals surface area contributed by atoms with Crippen LogP contribution in [-0.2, 0) is 0 Å². The molecule has 5 nitrogen and oxygen atoms in total. The van der Waals surface area contributed by atoms with Crippen LogP contribution >= 0.6 is 0 Å². The van der Waals surface area contributed by atoms with Gasteiger partial charge >= 0.3 is 0 Å². The highest BCUT2D eigenvalue weighted by atomic mass is 16.2. The van der Waals surface area contributed by atoms with Gasteiger partial charge in [-0.1, -0.05) is 18.2 Å². The molecule has 0 saturated carbocycles. The maximum Gasteiger partial charge on any atom is 0.283 e. The molecule has 0 bridgehead atoms. The number of pyridine rings is 1. The summed E-state index contributed by atoms with van der Waals surface area (Å²) in [6.45, 7) is 0. The zero-order chi connectivity index (χ0) is 12.5. The molecular weight excluding hydrogens is 228 g/mol. The normalized spacial score (nSPS) is 10.9. The number of hydrazine groups is 1. The number of amides is 1. The molecule has 90 valence electrons. The van der Waals surface area contributed by atoms with Crippen LogP contribution in [0, 0.1) is 0 Å². The van der Waals surface area contributed by atoms with E-state index in [-0.39, 0.29) is 5.91 Å². The number of fused-ring (bicyclic) bond motifs is 3. The van der Waals surface area contributed by atoms with Crippen LogP contribution < -0.4 is 10.9 Å². The highest BCUT2D eigenvalue weighted by molar-refractivity contribution is 6.09. The SMILES string of the molecule is CNNC(=O)c1cc2c(cn1)[nH]c1ccccc12. The Morgan fingerprint density at radius 2 is 2.06 bits per heavy atom. The van der Waals surface area contributed by atoms with Crippen LogP contribution in [0.1, 0.15) is 10.5 Å². The Balaban J connectivity index is 2.21. The number of nitrogens with zero attached hydrogens (tertiary/aromatic N) is 1. The monoisotopic (exact) mass is 240 g/mol. The molecule has 3 rings (SSSR count). The largest absolute Gasteiger partial charge is 0.353 e. The van der Waals surface area contributed by atoms with Gasteiger partial charge < -0.3 is 4.98 Å². The summed E-state index contributed by atoms with van der Waals surface area (Å²) in [5.74, 6) is -0.246. The molecule has 2 aromatic heterocycles. The van der Waals surface area contributed by atoms with Crippen molar-refractivity contribution >= 4 is 27.7 Å². The van der Waals surface area contributed by atoms with Crippen LogP contribution in [0.15, 0.2) is 36.5 Å². The van der Waals surface area contributed by atoms with E-state index in [0.717, 1.165) is 21.8 Å². The molecule has 2 heterocycles. The summed E-state index contributed by atoms with van der Waals surface area (Å²) in [5.41, 5.74) is 7.46. The molecule has 0 saturated heterocycles. The molecular formula is C13H12N4O. The quantitative estimate of drug-likeness (QED) is 0.596. The number of hydrogen-bond acceptors (Lipinski definition) is 3. The maximum absolute atomic E-state index is 11.7. The zero-order valence-electron chi connectivity index (χ0n) is 9.82. The highest BCUT2D eigenvalue weighted by Crippen LogP contribution is 2.24. The van der Waals surface area contributed by atoms with Crippen molar-refractivity contribution in [2.45, 2.75) is 0 Å². The van der Waals surface area contributed by atoms with Crippen molar-refractivity contribution in [3.8, 4) is 0 Å². The molecule has 1 aromatic carbocycles. The minimum absolute atomic E-state index is 0.246. The minimum Gasteiger partial charge on any atom is -0.353 e. The molecule has 1 amide bonds. The average Bonchev–Trinajstić information content (AvgIpc) is 2.76. The van der Waals surface area contributed by atoms with Crippen molar-refractivity contribution in [1.82, 2.24) is 20.8 Å². The van der Waals surface area contributed by atoms with Crippen molar-refractivity contribution in [3.63, 3.8) is 0 Å². The van der Waals surface area contributed by atoms with E-state index in [4.69, 9.17) is 0 Å². The number of aromatic nitrogens is 2. The molecule has 0 radical (unpaired) electrons. The molecule has 0 aliphatic carbocycles. The Morgan fingerprint density at radius 3 is 2.89 bits per heavy atom. The number of carbonyl (C=O) groups is 1. The summed E-state index contributed by atoms with van der Waals surface area (Å²) in [5, 5.41) is 2.09. The fraction of sp³-hybridized carbons (Fsp3) is 0.0769. The second kappa shape index (κ2) is 4.12. The van der Waals surface area contributed by atoms with Crippen LogP contribution in [0.25, 0.3) is 21.8 Å². The Hall–Kier alpha value is -2.40. The zero-order valence-corrected chi connectivity index (χ0v) is 9.82. The number of H-pyrrole nitrogens is 1. The van der Waals surface area contributed by atoms with Crippen molar-refractivity contribution < 1.29 is 4.79 Å². The molecule has 0 aliphatic heterocycles. The molecule has 0 aliphatic rings. The van der Waals surface area contributed by atoms with Crippen LogP contribution in [0.3, 0.4) is 0 Å². The van der Waals surface area contributed by atoms with E-state index in [1.165, 1.54) is 0 Å². The van der Waals surface area contributed by atoms with Crippen LogP contribution in [0.5, 0.6) is 0 Å². The van der Waals surface area contributed by atoms with Gasteiger partial charge in [0.15, 0.2) is 0 Å². The van der Waals surface area contributed by atoms with E-state index in [9.17, 15) is 4.79 Å². The number of para-hydroxylation sites is 1. The van der Waals surface area contributed by atoms with E-state index >= 15 is 0 Å². The summed E-state index contributed by atoms with van der Waals surface area (Å²) in [7, 11) is 1.64. The third kappa shape index (κ3) is 1.61. The van der Waals surface area contributed by atoms with Gasteiger partial charge in [-0.05, 0) is 12.1 Å². The minimum atomic E-state index is -0.246. The van der Waals surface area contributed by atoms with E-state index < -0.39 is 0 Å². The van der Waals surface area contributed by atoms with Gasteiger partial charge in [-0.25, -0.2) is 10.4 Å². The van der Waals surface area contributed by atoms with Crippen molar-refractivity contribution in [1.29, 1.82) is 0 Å². The first-order valence-electron chi connectivity index (χ1n) is 5.63. The third-order valence-electron chi connectivity index (χ3n) is 2.86. The van der Waals surface area contributed by atoms with E-state index in [1.807, 2.05) is 24.3 Å². The smallest absolute Gasteiger partial charge is 0.283 e. The van der Waals surface area contributed by atoms with Gasteiger partial charge in [0.25, 0.3) is 5.91 Å². The molecule has 18 heavy (non-hydrogen) atoms. The number of benzene rings is 1. The van der Waals surface area contributed by atoms with Crippen LogP contribution in [0.2, 0.25) is 0 Å². The van der Waals surface area contributed by atoms with E-state index in [2.05, 4.69) is 20.8 Å². The molecule has 3 N–H and O–H groups in total. The second-order valence-electron chi connectivity index (χ2n) is 3.99. The first kappa shape index (κ1) is 10.7. The van der Waals surface area contributed by atoms with Crippen molar-refractivity contribution in [2.24, 2.45) is 0 Å². The fourth-order valence-electron chi connectivity index (χ4n) is 2.05. The Kier molecular flexibility index (Phi) is 2.46. The number of carbonyl (C=O) groups excluding carboxylic acids is 1. The topological polar surface area (TPSA) is 69.8 Å². The van der Waals surface area contributed by atoms with E-state index in [0.29, 0.717) is 5.69 Å². The van der Waals surface area contributed by atoms with Gasteiger partial charge in [0.2, 0.25) is 0 Å². The Bertz CT molecular complexity index is 732. The molecule has 0 atom stereocenters. The lowest BCUT2D eigenvalue weighted by molar-refractivity contribution is 0.0933. The van der Waals surface area contributed by atoms with Gasteiger partial charge in [-0.15, -0.1) is 0 Å². The summed E-state index contributed by atoms with van der Waals surface area (Å²) >= 11 is 0. The number of rotatable bonds is 2. The summed E-state index contributed by atoms with van der Waals surface area (Å²) in [6, 6.07) is 9.76. The van der Waals surface area contributed by atoms with Crippen molar-refractivity contribution in [3.05, 3.63) is 42.2 Å². The third-order valence-corrected chi connectivity index (χ3v) is 2.86. The van der Waals surface area contributed by atoms with Crippen LogP contribution in [0.4, 0.5) is 0 Å². The molecule has 0 fully saturated rings. The lowest BCUT2D eigenvalue weighted by Gasteiger charge is -2.01. The summed E-state index contributed by atoms with van der Waals surface area (Å²) < 4.78 is 0. The first-order chi connectivity index (χ1) is 8.79. The fourth-order valence-corrected chi connectivity index (χ4v) is 2.05. The van der Waals surface area contributed by atoms with Gasteiger partial charge in [0.1, 0.15) is 5.69 Å². The van der Waals surface area contributed by atoms with Gasteiger partial charge in [0, 0.05) is 23.3 Å². The number of nitrogens with one attached hydrogen (secondary N) is 3. The van der Waals surface area contributed by atoms with Crippen molar-refractivity contribution in [2.75, 3.05) is 7.05 Å². The number of aromatic amines is 1. The molecule has 0 spiro atoms.